The Labute approximate surface area is 312 Å². The van der Waals surface area contributed by atoms with Gasteiger partial charge in [0.05, 0.1) is 18.2 Å². The summed E-state index contributed by atoms with van der Waals surface area (Å²) in [5, 5.41) is 26.9. The van der Waals surface area contributed by atoms with Crippen LogP contribution in [0.3, 0.4) is 0 Å². The van der Waals surface area contributed by atoms with Crippen molar-refractivity contribution in [1.29, 1.82) is 0 Å². The molecule has 1 aromatic heterocycles. The number of alkyl carbamates (subject to hydrolysis) is 1. The van der Waals surface area contributed by atoms with Gasteiger partial charge in [-0.3, -0.25) is 14.6 Å². The van der Waals surface area contributed by atoms with E-state index >= 15 is 0 Å². The van der Waals surface area contributed by atoms with Gasteiger partial charge in [-0.2, -0.15) is 0 Å². The maximum atomic E-state index is 12.9. The number of ether oxygens (including phenoxy) is 1. The minimum absolute atomic E-state index is 0.00460. The zero-order chi connectivity index (χ0) is 37.4. The smallest absolute Gasteiger partial charge is 0.407 e. The lowest BCUT2D eigenvalue weighted by atomic mass is 10.0. The molecule has 10 nitrogen and oxygen atoms in total. The van der Waals surface area contributed by atoms with Gasteiger partial charge in [0, 0.05) is 42.4 Å². The summed E-state index contributed by atoms with van der Waals surface area (Å²) < 4.78 is 4.38. The Bertz CT molecular complexity index is 1280. The van der Waals surface area contributed by atoms with Gasteiger partial charge >= 0.3 is 6.09 Å². The summed E-state index contributed by atoms with van der Waals surface area (Å²) in [6, 6.07) is 2.81. The number of hydrogen-bond acceptors (Lipinski definition) is 9. The highest BCUT2D eigenvalue weighted by atomic mass is 33.1. The highest BCUT2D eigenvalue weighted by Crippen LogP contribution is 2.38. The maximum absolute atomic E-state index is 12.9. The Kier molecular flexibility index (Phi) is 26.8. The lowest BCUT2D eigenvalue weighted by molar-refractivity contribution is -0.120. The molecule has 0 bridgehead atoms. The Morgan fingerprint density at radius 1 is 0.902 bits per heavy atom. The molecular formula is C39H58N4O6S2. The van der Waals surface area contributed by atoms with Gasteiger partial charge in [-0.25, -0.2) is 4.79 Å². The summed E-state index contributed by atoms with van der Waals surface area (Å²) in [5.41, 5.74) is 0.385. The van der Waals surface area contributed by atoms with Crippen molar-refractivity contribution in [2.75, 3.05) is 32.1 Å². The third-order valence-corrected chi connectivity index (χ3v) is 10.4. The fourth-order valence-corrected chi connectivity index (χ4v) is 6.69. The third kappa shape index (κ3) is 25.1. The van der Waals surface area contributed by atoms with E-state index in [1.165, 1.54) is 17.0 Å². The van der Waals surface area contributed by atoms with Crippen molar-refractivity contribution in [3.8, 4) is 0 Å². The SMILES string of the molecule is CC/C=C\C/C=C\C/C=C\C/C=C\C/C=C\C/C=C\CCC(=O)NCCSSC(C)(C)[C@@H](CNC(=O)OC[C@@H](O)CO)NC(=O)c1cccnc1. The molecule has 0 unspecified atom stereocenters. The number of nitrogens with one attached hydrogen (secondary N) is 3. The minimum Gasteiger partial charge on any atom is -0.447 e. The Morgan fingerprint density at radius 2 is 1.49 bits per heavy atom. The van der Waals surface area contributed by atoms with Gasteiger partial charge in [0.2, 0.25) is 5.91 Å². The number of pyridine rings is 1. The molecule has 3 amide bonds. The van der Waals surface area contributed by atoms with Crippen molar-refractivity contribution in [2.24, 2.45) is 0 Å². The summed E-state index contributed by atoms with van der Waals surface area (Å²) in [5.74, 6) is 0.309. The minimum atomic E-state index is -1.17. The predicted molar refractivity (Wildman–Crippen MR) is 213 cm³/mol. The monoisotopic (exact) mass is 742 g/mol. The van der Waals surface area contributed by atoms with E-state index in [0.29, 0.717) is 30.7 Å². The number of aromatic nitrogens is 1. The van der Waals surface area contributed by atoms with E-state index in [2.05, 4.69) is 94.7 Å². The van der Waals surface area contributed by atoms with E-state index < -0.39 is 29.6 Å². The van der Waals surface area contributed by atoms with Crippen molar-refractivity contribution in [1.82, 2.24) is 20.9 Å². The number of amides is 3. The van der Waals surface area contributed by atoms with Crippen LogP contribution >= 0.6 is 21.6 Å². The van der Waals surface area contributed by atoms with Crippen molar-refractivity contribution in [3.05, 3.63) is 103 Å². The lowest BCUT2D eigenvalue weighted by Gasteiger charge is -2.34. The second kappa shape index (κ2) is 30.1. The van der Waals surface area contributed by atoms with Crippen LogP contribution in [0.1, 0.15) is 82.5 Å². The van der Waals surface area contributed by atoms with Gasteiger partial charge in [-0.05, 0) is 70.9 Å². The van der Waals surface area contributed by atoms with Crippen LogP contribution in [-0.2, 0) is 9.53 Å². The Balaban J connectivity index is 2.30. The van der Waals surface area contributed by atoms with E-state index in [1.54, 1.807) is 29.1 Å². The van der Waals surface area contributed by atoms with Crippen LogP contribution in [0.5, 0.6) is 0 Å². The number of aliphatic hydroxyl groups excluding tert-OH is 2. The zero-order valence-corrected chi connectivity index (χ0v) is 32.0. The first-order valence-electron chi connectivity index (χ1n) is 17.6. The molecule has 12 heteroatoms. The second-order valence-corrected chi connectivity index (χ2v) is 15.0. The van der Waals surface area contributed by atoms with Crippen LogP contribution in [0.15, 0.2) is 97.4 Å². The standard InChI is InChI=1S/C39H58N4O6S2/c1-4-5-6-7-8-9-10-11-12-13-14-15-16-17-18-19-20-21-22-25-36(46)41-27-28-50-51-39(2,3)35(30-42-38(48)49-32-34(45)31-44)43-37(47)33-24-23-26-40-29-33/h5-6,8-9,11-12,14-15,17-18,20-21,23-24,26,29,34-35,44-45H,4,7,10,13,16,19,22,25,27-28,30-32H2,1-3H3,(H,41,46)(H,42,48)(H,43,47)/b6-5-,9-8-,12-11-,15-14-,18-17-,21-20-/t34-,35+/m0/s1. The average Bonchev–Trinajstić information content (AvgIpc) is 3.13. The molecule has 282 valence electrons. The molecule has 1 aromatic rings. The summed E-state index contributed by atoms with van der Waals surface area (Å²) >= 11 is 0. The van der Waals surface area contributed by atoms with Gasteiger partial charge in [-0.1, -0.05) is 101 Å². The fraction of sp³-hybridized carbons (Fsp3) is 0.487. The van der Waals surface area contributed by atoms with Crippen LogP contribution in [0.2, 0.25) is 0 Å². The van der Waals surface area contributed by atoms with Crippen LogP contribution < -0.4 is 16.0 Å². The molecule has 0 aliphatic carbocycles. The topological polar surface area (TPSA) is 150 Å². The highest BCUT2D eigenvalue weighted by molar-refractivity contribution is 8.77. The molecule has 0 aliphatic heterocycles. The number of allylic oxidation sites excluding steroid dienone is 12. The molecular weight excluding hydrogens is 685 g/mol. The third-order valence-electron chi connectivity index (χ3n) is 7.05. The van der Waals surface area contributed by atoms with Crippen molar-refractivity contribution in [3.63, 3.8) is 0 Å². The fourth-order valence-electron chi connectivity index (χ4n) is 4.10. The molecule has 0 aliphatic rings. The number of aliphatic hydroxyl groups is 2. The molecule has 0 aromatic carbocycles. The first kappa shape index (κ1) is 45.4. The van der Waals surface area contributed by atoms with Crippen LogP contribution in [0.4, 0.5) is 4.79 Å². The Morgan fingerprint density at radius 3 is 2.04 bits per heavy atom. The quantitative estimate of drug-likeness (QED) is 0.0365. The van der Waals surface area contributed by atoms with E-state index in [1.807, 2.05) is 19.9 Å². The van der Waals surface area contributed by atoms with Crippen molar-refractivity contribution < 1.29 is 29.3 Å². The van der Waals surface area contributed by atoms with Crippen LogP contribution in [-0.4, -0.2) is 82.1 Å². The van der Waals surface area contributed by atoms with Gasteiger partial charge < -0.3 is 30.9 Å². The summed E-state index contributed by atoms with van der Waals surface area (Å²) in [7, 11) is 3.09. The molecule has 0 saturated heterocycles. The van der Waals surface area contributed by atoms with E-state index in [0.717, 1.165) is 38.5 Å². The van der Waals surface area contributed by atoms with Crippen LogP contribution in [0, 0.1) is 0 Å². The summed E-state index contributed by atoms with van der Waals surface area (Å²) in [6.45, 7) is 5.73. The number of carbonyl (C=O) groups is 3. The van der Waals surface area contributed by atoms with Gasteiger partial charge in [0.15, 0.2) is 0 Å². The molecule has 51 heavy (non-hydrogen) atoms. The molecule has 2 atom stereocenters. The zero-order valence-electron chi connectivity index (χ0n) is 30.4. The summed E-state index contributed by atoms with van der Waals surface area (Å²) in [4.78, 5) is 41.3. The summed E-state index contributed by atoms with van der Waals surface area (Å²) in [6.07, 6.45) is 33.8. The lowest BCUT2D eigenvalue weighted by Crippen LogP contribution is -2.53. The normalized spacial score (nSPS) is 13.6. The van der Waals surface area contributed by atoms with E-state index in [9.17, 15) is 19.5 Å². The number of nitrogens with zero attached hydrogens (tertiary/aromatic N) is 1. The van der Waals surface area contributed by atoms with Gasteiger partial charge in [-0.15, -0.1) is 0 Å². The number of rotatable bonds is 27. The maximum Gasteiger partial charge on any atom is 0.407 e. The first-order chi connectivity index (χ1) is 24.7. The molecule has 0 saturated carbocycles. The van der Waals surface area contributed by atoms with Crippen molar-refractivity contribution in [2.45, 2.75) is 89.0 Å². The van der Waals surface area contributed by atoms with E-state index in [-0.39, 0.29) is 25.0 Å². The predicted octanol–water partition coefficient (Wildman–Crippen LogP) is 7.01. The number of carbonyl (C=O) groups excluding carboxylic acids is 3. The van der Waals surface area contributed by atoms with Crippen molar-refractivity contribution >= 4 is 39.5 Å². The van der Waals surface area contributed by atoms with E-state index in [4.69, 9.17) is 9.84 Å². The van der Waals surface area contributed by atoms with Gasteiger partial charge in [0.1, 0.15) is 12.7 Å². The molecule has 1 heterocycles. The average molecular weight is 743 g/mol. The Hall–Kier alpha value is -3.58. The number of hydrogen-bond donors (Lipinski definition) is 5. The van der Waals surface area contributed by atoms with Gasteiger partial charge in [0.25, 0.3) is 5.91 Å². The van der Waals surface area contributed by atoms with Crippen LogP contribution in [0.25, 0.3) is 0 Å². The molecule has 5 N–H and O–H groups in total. The second-order valence-electron chi connectivity index (χ2n) is 11.9. The molecule has 0 fully saturated rings. The largest absolute Gasteiger partial charge is 0.447 e. The molecule has 0 radical (unpaired) electrons. The molecule has 1 rings (SSSR count). The molecule has 0 spiro atoms. The highest BCUT2D eigenvalue weighted by Gasteiger charge is 2.33. The first-order valence-corrected chi connectivity index (χ1v) is 19.9.